The standard InChI is InChI=1S/C27H25ClF2N6O2/c1-31-16-5-7-23-19(13-16)26(33-15-32-23)34-17-6-8-24(20(28)14-17)38-18-9-11-36(12-10-18)27(37)35-25-21(29)3-2-4-22(25)30/h2-8,13-15,18,31H,9-12H2,1H3,(H,35,37)(H,32,33,34). The van der Waals surface area contributed by atoms with Gasteiger partial charge < -0.3 is 25.6 Å². The number of ether oxygens (including phenoxy) is 1. The fourth-order valence-electron chi connectivity index (χ4n) is 4.28. The number of carbonyl (C=O) groups is 1. The molecule has 1 aromatic heterocycles. The molecular formula is C27H25ClF2N6O2. The van der Waals surface area contributed by atoms with E-state index in [0.717, 1.165) is 34.4 Å². The van der Waals surface area contributed by atoms with Gasteiger partial charge in [-0.15, -0.1) is 0 Å². The zero-order valence-corrected chi connectivity index (χ0v) is 21.2. The summed E-state index contributed by atoms with van der Waals surface area (Å²) in [6.45, 7) is 0.748. The van der Waals surface area contributed by atoms with Crippen molar-refractivity contribution < 1.29 is 18.3 Å². The number of fused-ring (bicyclic) bond motifs is 1. The van der Waals surface area contributed by atoms with Gasteiger partial charge in [-0.3, -0.25) is 0 Å². The molecule has 1 aliphatic rings. The number of nitrogens with zero attached hydrogens (tertiary/aromatic N) is 3. The molecule has 5 rings (SSSR count). The first-order chi connectivity index (χ1) is 18.4. The van der Waals surface area contributed by atoms with Crippen LogP contribution < -0.4 is 20.7 Å². The largest absolute Gasteiger partial charge is 0.489 e. The number of aromatic nitrogens is 2. The Morgan fingerprint density at radius 1 is 1.03 bits per heavy atom. The number of rotatable bonds is 6. The molecule has 0 radical (unpaired) electrons. The summed E-state index contributed by atoms with van der Waals surface area (Å²) in [6.07, 6.45) is 2.43. The lowest BCUT2D eigenvalue weighted by atomic mass is 10.1. The van der Waals surface area contributed by atoms with Gasteiger partial charge in [0.05, 0.1) is 10.5 Å². The van der Waals surface area contributed by atoms with Gasteiger partial charge in [0.1, 0.15) is 41.3 Å². The van der Waals surface area contributed by atoms with E-state index in [4.69, 9.17) is 16.3 Å². The third kappa shape index (κ3) is 5.55. The number of piperidine rings is 1. The van der Waals surface area contributed by atoms with Crippen molar-refractivity contribution >= 4 is 51.4 Å². The number of nitrogens with one attached hydrogen (secondary N) is 3. The maximum atomic E-state index is 13.9. The molecule has 2 amide bonds. The van der Waals surface area contributed by atoms with Crippen molar-refractivity contribution in [2.24, 2.45) is 0 Å². The minimum absolute atomic E-state index is 0.161. The molecule has 11 heteroatoms. The van der Waals surface area contributed by atoms with Crippen LogP contribution in [-0.4, -0.2) is 47.1 Å². The SMILES string of the molecule is CNc1ccc2ncnc(Nc3ccc(OC4CCN(C(=O)Nc5c(F)cccc5F)CC4)c(Cl)c3)c2c1. The van der Waals surface area contributed by atoms with Crippen molar-refractivity contribution in [3.63, 3.8) is 0 Å². The van der Waals surface area contributed by atoms with Gasteiger partial charge in [-0.05, 0) is 48.5 Å². The monoisotopic (exact) mass is 538 g/mol. The second-order valence-electron chi connectivity index (χ2n) is 8.81. The molecule has 0 aliphatic carbocycles. The Balaban J connectivity index is 1.19. The molecule has 0 atom stereocenters. The predicted octanol–water partition coefficient (Wildman–Crippen LogP) is 6.42. The van der Waals surface area contributed by atoms with E-state index in [-0.39, 0.29) is 6.10 Å². The lowest BCUT2D eigenvalue weighted by molar-refractivity contribution is 0.115. The van der Waals surface area contributed by atoms with E-state index in [2.05, 4.69) is 25.9 Å². The van der Waals surface area contributed by atoms with E-state index in [9.17, 15) is 13.6 Å². The number of anilines is 4. The Hall–Kier alpha value is -4.18. The van der Waals surface area contributed by atoms with Gasteiger partial charge in [0.2, 0.25) is 0 Å². The smallest absolute Gasteiger partial charge is 0.322 e. The summed E-state index contributed by atoms with van der Waals surface area (Å²) in [5.41, 5.74) is 2.05. The maximum Gasteiger partial charge on any atom is 0.322 e. The van der Waals surface area contributed by atoms with Crippen LogP contribution in [-0.2, 0) is 0 Å². The molecule has 8 nitrogen and oxygen atoms in total. The van der Waals surface area contributed by atoms with E-state index in [1.807, 2.05) is 31.3 Å². The number of benzene rings is 3. The minimum Gasteiger partial charge on any atom is -0.489 e. The first-order valence-electron chi connectivity index (χ1n) is 12.1. The van der Waals surface area contributed by atoms with Crippen molar-refractivity contribution in [2.45, 2.75) is 18.9 Å². The van der Waals surface area contributed by atoms with Gasteiger partial charge in [0.15, 0.2) is 0 Å². The average Bonchev–Trinajstić information content (AvgIpc) is 2.92. The van der Waals surface area contributed by atoms with Crippen LogP contribution in [0.5, 0.6) is 5.75 Å². The summed E-state index contributed by atoms with van der Waals surface area (Å²) in [6, 6.07) is 14.1. The fourth-order valence-corrected chi connectivity index (χ4v) is 4.51. The molecule has 3 N–H and O–H groups in total. The highest BCUT2D eigenvalue weighted by atomic mass is 35.5. The number of hydrogen-bond donors (Lipinski definition) is 3. The molecular weight excluding hydrogens is 514 g/mol. The number of amides is 2. The minimum atomic E-state index is -0.820. The summed E-state index contributed by atoms with van der Waals surface area (Å²) in [5, 5.41) is 10.0. The average molecular weight is 539 g/mol. The summed E-state index contributed by atoms with van der Waals surface area (Å²) in [5.74, 6) is -0.462. The second kappa shape index (κ2) is 11.1. The Bertz CT molecular complexity index is 1460. The summed E-state index contributed by atoms with van der Waals surface area (Å²) >= 11 is 6.53. The number of para-hydroxylation sites is 1. The third-order valence-corrected chi connectivity index (χ3v) is 6.63. The highest BCUT2D eigenvalue weighted by Gasteiger charge is 2.25. The highest BCUT2D eigenvalue weighted by molar-refractivity contribution is 6.32. The zero-order valence-electron chi connectivity index (χ0n) is 20.5. The molecule has 4 aromatic rings. The first kappa shape index (κ1) is 25.5. The van der Waals surface area contributed by atoms with Gasteiger partial charge in [-0.1, -0.05) is 17.7 Å². The van der Waals surface area contributed by atoms with Crippen LogP contribution in [0.2, 0.25) is 5.02 Å². The number of hydrogen-bond acceptors (Lipinski definition) is 6. The van der Waals surface area contributed by atoms with Crippen molar-refractivity contribution in [3.8, 4) is 5.75 Å². The van der Waals surface area contributed by atoms with Gasteiger partial charge in [-0.25, -0.2) is 23.5 Å². The number of urea groups is 1. The third-order valence-electron chi connectivity index (χ3n) is 6.34. The van der Waals surface area contributed by atoms with Crippen molar-refractivity contribution in [2.75, 3.05) is 36.1 Å². The first-order valence-corrected chi connectivity index (χ1v) is 12.4. The molecule has 38 heavy (non-hydrogen) atoms. The van der Waals surface area contributed by atoms with Gasteiger partial charge >= 0.3 is 6.03 Å². The Morgan fingerprint density at radius 2 is 1.76 bits per heavy atom. The van der Waals surface area contributed by atoms with Gasteiger partial charge in [-0.2, -0.15) is 0 Å². The molecule has 3 aromatic carbocycles. The van der Waals surface area contributed by atoms with E-state index < -0.39 is 23.4 Å². The number of halogens is 3. The van der Waals surface area contributed by atoms with Crippen LogP contribution in [0.3, 0.4) is 0 Å². The maximum absolute atomic E-state index is 13.9. The molecule has 0 bridgehead atoms. The molecule has 0 unspecified atom stereocenters. The van der Waals surface area contributed by atoms with Crippen LogP contribution in [0.25, 0.3) is 10.9 Å². The van der Waals surface area contributed by atoms with Crippen molar-refractivity contribution in [1.82, 2.24) is 14.9 Å². The highest BCUT2D eigenvalue weighted by Crippen LogP contribution is 2.33. The molecule has 196 valence electrons. The molecule has 0 saturated carbocycles. The van der Waals surface area contributed by atoms with E-state index in [0.29, 0.717) is 42.5 Å². The quantitative estimate of drug-likeness (QED) is 0.262. The lowest BCUT2D eigenvalue weighted by Crippen LogP contribution is -2.44. The molecule has 1 fully saturated rings. The second-order valence-corrected chi connectivity index (χ2v) is 9.21. The molecule has 2 heterocycles. The number of carbonyl (C=O) groups excluding carboxylic acids is 1. The van der Waals surface area contributed by atoms with Gasteiger partial charge in [0, 0.05) is 49.7 Å². The van der Waals surface area contributed by atoms with Crippen LogP contribution in [0.15, 0.2) is 60.9 Å². The summed E-state index contributed by atoms with van der Waals surface area (Å²) in [4.78, 5) is 22.7. The molecule has 1 saturated heterocycles. The Kier molecular flexibility index (Phi) is 7.41. The van der Waals surface area contributed by atoms with E-state index in [1.54, 1.807) is 12.1 Å². The van der Waals surface area contributed by atoms with Crippen LogP contribution in [0, 0.1) is 11.6 Å². The van der Waals surface area contributed by atoms with Crippen LogP contribution in [0.4, 0.5) is 36.5 Å². The Labute approximate surface area is 223 Å². The summed E-state index contributed by atoms with van der Waals surface area (Å²) < 4.78 is 33.8. The Morgan fingerprint density at radius 3 is 2.47 bits per heavy atom. The van der Waals surface area contributed by atoms with E-state index in [1.165, 1.54) is 17.3 Å². The number of likely N-dealkylation sites (tertiary alicyclic amines) is 1. The zero-order chi connectivity index (χ0) is 26.6. The van der Waals surface area contributed by atoms with Crippen molar-refractivity contribution in [3.05, 3.63) is 77.6 Å². The predicted molar refractivity (Wildman–Crippen MR) is 144 cm³/mol. The fraction of sp³-hybridized carbons (Fsp3) is 0.222. The van der Waals surface area contributed by atoms with Crippen molar-refractivity contribution in [1.29, 1.82) is 0 Å². The van der Waals surface area contributed by atoms with Crippen LogP contribution >= 0.6 is 11.6 Å². The lowest BCUT2D eigenvalue weighted by Gasteiger charge is -2.32. The normalized spacial score (nSPS) is 13.8. The topological polar surface area (TPSA) is 91.4 Å². The van der Waals surface area contributed by atoms with Crippen LogP contribution in [0.1, 0.15) is 12.8 Å². The van der Waals surface area contributed by atoms with E-state index >= 15 is 0 Å². The molecule has 0 spiro atoms. The summed E-state index contributed by atoms with van der Waals surface area (Å²) in [7, 11) is 1.85. The molecule has 1 aliphatic heterocycles. The van der Waals surface area contributed by atoms with Gasteiger partial charge in [0.25, 0.3) is 0 Å².